The van der Waals surface area contributed by atoms with Gasteiger partial charge in [-0.15, -0.1) is 11.3 Å². The standard InChI is InChI=1S/C13H19N5OS/c1-4-7-19-13-16-11(14)15-12(17-13)18(3)9(2)10-6-5-8-20-10/h5-6,8-9H,4,7H2,1-3H3,(H2,14,15,16,17). The van der Waals surface area contributed by atoms with Crippen molar-refractivity contribution in [3.63, 3.8) is 0 Å². The molecule has 20 heavy (non-hydrogen) atoms. The van der Waals surface area contributed by atoms with E-state index in [2.05, 4.69) is 33.3 Å². The average Bonchev–Trinajstić information content (AvgIpc) is 2.97. The molecule has 0 saturated heterocycles. The molecular weight excluding hydrogens is 274 g/mol. The molecular formula is C13H19N5OS. The van der Waals surface area contributed by atoms with Gasteiger partial charge in [-0.05, 0) is 24.8 Å². The van der Waals surface area contributed by atoms with Gasteiger partial charge >= 0.3 is 6.01 Å². The van der Waals surface area contributed by atoms with Gasteiger partial charge in [-0.1, -0.05) is 13.0 Å². The van der Waals surface area contributed by atoms with Crippen molar-refractivity contribution in [1.29, 1.82) is 0 Å². The van der Waals surface area contributed by atoms with Gasteiger partial charge in [0.15, 0.2) is 0 Å². The van der Waals surface area contributed by atoms with Crippen molar-refractivity contribution in [2.75, 3.05) is 24.3 Å². The van der Waals surface area contributed by atoms with E-state index in [4.69, 9.17) is 10.5 Å². The number of hydrogen-bond donors (Lipinski definition) is 1. The van der Waals surface area contributed by atoms with E-state index in [-0.39, 0.29) is 18.0 Å². The van der Waals surface area contributed by atoms with E-state index < -0.39 is 0 Å². The molecule has 7 heteroatoms. The van der Waals surface area contributed by atoms with Crippen LogP contribution < -0.4 is 15.4 Å². The third-order valence-corrected chi connectivity index (χ3v) is 3.95. The Bertz CT molecular complexity index is 546. The average molecular weight is 293 g/mol. The van der Waals surface area contributed by atoms with Gasteiger partial charge in [-0.2, -0.15) is 15.0 Å². The summed E-state index contributed by atoms with van der Waals surface area (Å²) < 4.78 is 5.43. The number of nitrogens with zero attached hydrogens (tertiary/aromatic N) is 4. The highest BCUT2D eigenvalue weighted by Gasteiger charge is 2.17. The van der Waals surface area contributed by atoms with Gasteiger partial charge in [0, 0.05) is 11.9 Å². The maximum Gasteiger partial charge on any atom is 0.323 e. The van der Waals surface area contributed by atoms with Crippen molar-refractivity contribution in [3.05, 3.63) is 22.4 Å². The summed E-state index contributed by atoms with van der Waals surface area (Å²) in [6.45, 7) is 4.68. The summed E-state index contributed by atoms with van der Waals surface area (Å²) in [5, 5.41) is 2.05. The quantitative estimate of drug-likeness (QED) is 0.881. The van der Waals surface area contributed by atoms with E-state index in [1.54, 1.807) is 11.3 Å². The Labute approximate surface area is 122 Å². The largest absolute Gasteiger partial charge is 0.463 e. The van der Waals surface area contributed by atoms with Crippen LogP contribution in [0.5, 0.6) is 6.01 Å². The number of hydrogen-bond acceptors (Lipinski definition) is 7. The first kappa shape index (κ1) is 14.5. The van der Waals surface area contributed by atoms with Crippen molar-refractivity contribution >= 4 is 23.2 Å². The Kier molecular flexibility index (Phi) is 4.73. The number of anilines is 2. The molecule has 0 aliphatic heterocycles. The topological polar surface area (TPSA) is 77.2 Å². The van der Waals surface area contributed by atoms with Crippen molar-refractivity contribution in [2.24, 2.45) is 0 Å². The molecule has 2 aromatic rings. The zero-order valence-corrected chi connectivity index (χ0v) is 12.7. The van der Waals surface area contributed by atoms with E-state index in [9.17, 15) is 0 Å². The zero-order chi connectivity index (χ0) is 14.5. The molecule has 2 N–H and O–H groups in total. The number of aromatic nitrogens is 3. The Balaban J connectivity index is 2.20. The normalized spacial score (nSPS) is 12.2. The highest BCUT2D eigenvalue weighted by atomic mass is 32.1. The SMILES string of the molecule is CCCOc1nc(N)nc(N(C)C(C)c2cccs2)n1. The lowest BCUT2D eigenvalue weighted by atomic mass is 10.2. The summed E-state index contributed by atoms with van der Waals surface area (Å²) in [4.78, 5) is 15.7. The third kappa shape index (κ3) is 3.36. The van der Waals surface area contributed by atoms with Crippen molar-refractivity contribution in [2.45, 2.75) is 26.3 Å². The first-order valence-corrected chi connectivity index (χ1v) is 7.40. The molecule has 6 nitrogen and oxygen atoms in total. The van der Waals surface area contributed by atoms with E-state index in [1.165, 1.54) is 4.88 Å². The molecule has 0 aliphatic carbocycles. The molecule has 0 aliphatic rings. The minimum absolute atomic E-state index is 0.163. The lowest BCUT2D eigenvalue weighted by molar-refractivity contribution is 0.292. The first-order chi connectivity index (χ1) is 9.61. The van der Waals surface area contributed by atoms with Crippen LogP contribution in [0.15, 0.2) is 17.5 Å². The molecule has 0 saturated carbocycles. The number of rotatable bonds is 6. The molecule has 0 amide bonds. The molecule has 0 spiro atoms. The maximum atomic E-state index is 5.72. The minimum Gasteiger partial charge on any atom is -0.463 e. The molecule has 1 unspecified atom stereocenters. The fourth-order valence-electron chi connectivity index (χ4n) is 1.67. The maximum absolute atomic E-state index is 5.72. The fourth-order valence-corrected chi connectivity index (χ4v) is 2.50. The van der Waals surface area contributed by atoms with Crippen LogP contribution in [0.4, 0.5) is 11.9 Å². The fraction of sp³-hybridized carbons (Fsp3) is 0.462. The smallest absolute Gasteiger partial charge is 0.323 e. The molecule has 0 radical (unpaired) electrons. The molecule has 0 fully saturated rings. The van der Waals surface area contributed by atoms with E-state index >= 15 is 0 Å². The second kappa shape index (κ2) is 6.51. The van der Waals surface area contributed by atoms with Crippen LogP contribution in [0.3, 0.4) is 0 Å². The predicted octanol–water partition coefficient (Wildman–Crippen LogP) is 2.50. The van der Waals surface area contributed by atoms with Gasteiger partial charge in [0.25, 0.3) is 0 Å². The van der Waals surface area contributed by atoms with Gasteiger partial charge < -0.3 is 15.4 Å². The minimum atomic E-state index is 0.163. The van der Waals surface area contributed by atoms with Gasteiger partial charge in [-0.25, -0.2) is 0 Å². The van der Waals surface area contributed by atoms with Crippen LogP contribution in [-0.4, -0.2) is 28.6 Å². The van der Waals surface area contributed by atoms with Crippen molar-refractivity contribution in [1.82, 2.24) is 15.0 Å². The number of ether oxygens (including phenoxy) is 1. The summed E-state index contributed by atoms with van der Waals surface area (Å²) in [5.41, 5.74) is 5.72. The van der Waals surface area contributed by atoms with Crippen molar-refractivity contribution < 1.29 is 4.74 Å². The molecule has 1 atom stereocenters. The Morgan fingerprint density at radius 1 is 1.40 bits per heavy atom. The van der Waals surface area contributed by atoms with E-state index in [1.807, 2.05) is 24.9 Å². The lowest BCUT2D eigenvalue weighted by Gasteiger charge is -2.24. The van der Waals surface area contributed by atoms with Crippen LogP contribution in [0.1, 0.15) is 31.2 Å². The monoisotopic (exact) mass is 293 g/mol. The summed E-state index contributed by atoms with van der Waals surface area (Å²) in [6, 6.07) is 4.56. The van der Waals surface area contributed by atoms with Gasteiger partial charge in [-0.3, -0.25) is 0 Å². The highest BCUT2D eigenvalue weighted by Crippen LogP contribution is 2.26. The van der Waals surface area contributed by atoms with Crippen LogP contribution in [0.2, 0.25) is 0 Å². The summed E-state index contributed by atoms with van der Waals surface area (Å²) in [5.74, 6) is 0.691. The second-order valence-electron chi connectivity index (χ2n) is 4.43. The van der Waals surface area contributed by atoms with Crippen LogP contribution in [0.25, 0.3) is 0 Å². The Hall–Kier alpha value is -1.89. The van der Waals surface area contributed by atoms with Crippen LogP contribution >= 0.6 is 11.3 Å². The zero-order valence-electron chi connectivity index (χ0n) is 11.9. The van der Waals surface area contributed by atoms with Gasteiger partial charge in [0.2, 0.25) is 11.9 Å². The van der Waals surface area contributed by atoms with E-state index in [0.29, 0.717) is 12.6 Å². The number of nitrogens with two attached hydrogens (primary N) is 1. The molecule has 2 aromatic heterocycles. The molecule has 2 heterocycles. The first-order valence-electron chi connectivity index (χ1n) is 6.52. The van der Waals surface area contributed by atoms with Gasteiger partial charge in [0.1, 0.15) is 0 Å². The lowest BCUT2D eigenvalue weighted by Crippen LogP contribution is -2.24. The summed E-state index contributed by atoms with van der Waals surface area (Å²) in [6.07, 6.45) is 0.891. The molecule has 0 bridgehead atoms. The Morgan fingerprint density at radius 2 is 2.20 bits per heavy atom. The van der Waals surface area contributed by atoms with Crippen LogP contribution in [0, 0.1) is 0 Å². The molecule has 0 aromatic carbocycles. The Morgan fingerprint density at radius 3 is 2.85 bits per heavy atom. The van der Waals surface area contributed by atoms with Crippen LogP contribution in [-0.2, 0) is 0 Å². The second-order valence-corrected chi connectivity index (χ2v) is 5.41. The summed E-state index contributed by atoms with van der Waals surface area (Å²) in [7, 11) is 1.93. The van der Waals surface area contributed by atoms with E-state index in [0.717, 1.165) is 6.42 Å². The van der Waals surface area contributed by atoms with Crippen molar-refractivity contribution in [3.8, 4) is 6.01 Å². The third-order valence-electron chi connectivity index (χ3n) is 2.91. The highest BCUT2D eigenvalue weighted by molar-refractivity contribution is 7.10. The number of thiophene rings is 1. The molecule has 2 rings (SSSR count). The molecule has 108 valence electrons. The van der Waals surface area contributed by atoms with Gasteiger partial charge in [0.05, 0.1) is 12.6 Å². The summed E-state index contributed by atoms with van der Waals surface area (Å²) >= 11 is 1.70. The number of nitrogen functional groups attached to an aromatic ring is 1. The predicted molar refractivity (Wildman–Crippen MR) is 81.2 cm³/mol.